The molecule has 9 rings (SSSR count). The molecule has 170 valence electrons. The number of hydrogen-bond donors (Lipinski definition) is 2. The summed E-state index contributed by atoms with van der Waals surface area (Å²) in [5.41, 5.74) is 1.71. The molecule has 0 radical (unpaired) electrons. The lowest BCUT2D eigenvalue weighted by Gasteiger charge is -2.73. The molecule has 2 N–H and O–H groups in total. The third-order valence-corrected chi connectivity index (χ3v) is 11.0. The first-order valence-corrected chi connectivity index (χ1v) is 12.7. The number of nitrogens with zero attached hydrogens (tertiary/aromatic N) is 1. The second-order valence-corrected chi connectivity index (χ2v) is 12.0. The Labute approximate surface area is 189 Å². The fourth-order valence-corrected chi connectivity index (χ4v) is 9.83. The van der Waals surface area contributed by atoms with Gasteiger partial charge in [-0.1, -0.05) is 25.1 Å². The van der Waals surface area contributed by atoms with Crippen LogP contribution < -0.4 is 4.74 Å². The molecule has 32 heavy (non-hydrogen) atoms. The smallest absolute Gasteiger partial charge is 0.165 e. The maximum absolute atomic E-state index is 11.5. The van der Waals surface area contributed by atoms with Crippen LogP contribution in [0, 0.1) is 29.1 Å². The zero-order chi connectivity index (χ0) is 21.6. The Morgan fingerprint density at radius 3 is 2.88 bits per heavy atom. The highest BCUT2D eigenvalue weighted by molar-refractivity contribution is 5.65. The highest BCUT2D eigenvalue weighted by atomic mass is 16.6. The molecule has 0 amide bonds. The largest absolute Gasteiger partial charge is 0.504 e. The molecular weight excluding hydrogens is 402 g/mol. The van der Waals surface area contributed by atoms with Gasteiger partial charge in [0.05, 0.1) is 11.5 Å². The van der Waals surface area contributed by atoms with Crippen molar-refractivity contribution in [2.45, 2.75) is 68.3 Å². The summed E-state index contributed by atoms with van der Waals surface area (Å²) in [6.45, 7) is 4.50. The molecule has 2 heterocycles. The Kier molecular flexibility index (Phi) is 3.27. The number of phenols is 1. The van der Waals surface area contributed by atoms with E-state index < -0.39 is 5.60 Å². The van der Waals surface area contributed by atoms with Crippen LogP contribution in [-0.2, 0) is 16.6 Å². The van der Waals surface area contributed by atoms with Gasteiger partial charge in [0.2, 0.25) is 0 Å². The van der Waals surface area contributed by atoms with Gasteiger partial charge in [-0.25, -0.2) is 0 Å². The summed E-state index contributed by atoms with van der Waals surface area (Å²) in [4.78, 5) is 2.80. The number of rotatable bonds is 3. The van der Waals surface area contributed by atoms with E-state index >= 15 is 0 Å². The second-order valence-electron chi connectivity index (χ2n) is 12.0. The number of piperidine rings is 1. The number of ether oxygens (including phenoxy) is 2. The van der Waals surface area contributed by atoms with Crippen molar-refractivity contribution >= 4 is 0 Å². The summed E-state index contributed by atoms with van der Waals surface area (Å²) in [7, 11) is 1.79. The first-order valence-electron chi connectivity index (χ1n) is 12.7. The first kappa shape index (κ1) is 18.8. The molecule has 5 nitrogen and oxygen atoms in total. The second kappa shape index (κ2) is 5.56. The lowest BCUT2D eigenvalue weighted by Crippen LogP contribution is -2.82. The monoisotopic (exact) mass is 435 g/mol. The number of aliphatic hydroxyl groups is 1. The van der Waals surface area contributed by atoms with Crippen molar-refractivity contribution < 1.29 is 19.7 Å². The maximum atomic E-state index is 11.5. The van der Waals surface area contributed by atoms with Crippen LogP contribution in [0.25, 0.3) is 0 Å². The number of phenolic OH excluding ortho intramolecular Hbond substituents is 1. The van der Waals surface area contributed by atoms with Gasteiger partial charge in [-0.2, -0.15) is 0 Å². The van der Waals surface area contributed by atoms with Crippen LogP contribution in [0.15, 0.2) is 24.3 Å². The average molecular weight is 436 g/mol. The minimum Gasteiger partial charge on any atom is -0.504 e. The van der Waals surface area contributed by atoms with Crippen LogP contribution in [0.4, 0.5) is 0 Å². The summed E-state index contributed by atoms with van der Waals surface area (Å²) in [6.07, 6.45) is 10.0. The van der Waals surface area contributed by atoms with E-state index in [0.717, 1.165) is 31.7 Å². The molecule has 1 aromatic carbocycles. The molecular formula is C27H33NO4. The standard InChI is InChI=1S/C27H33NO4/c1-14-11-17-21(22(14)30)27(31-2)8-7-25(17)19-12-16-5-6-18(29)23-20(16)26(25,24(27)32-23)9-10-28(19)13-15-3-4-15/h5-8,14-15,17,19,21-22,24,29-30H,3-4,9-13H2,1-2H3/t14-,17-,19-,21-,22-,24-,25-,26+,27-/m1/s1. The summed E-state index contributed by atoms with van der Waals surface area (Å²) < 4.78 is 13.2. The van der Waals surface area contributed by atoms with Crippen LogP contribution in [0.5, 0.6) is 11.5 Å². The van der Waals surface area contributed by atoms with Crippen molar-refractivity contribution in [1.82, 2.24) is 4.90 Å². The number of aliphatic hydroxyl groups excluding tert-OH is 1. The Balaban J connectivity index is 1.44. The molecule has 4 bridgehead atoms. The van der Waals surface area contributed by atoms with Gasteiger partial charge in [0.1, 0.15) is 11.7 Å². The molecule has 6 aliphatic carbocycles. The van der Waals surface area contributed by atoms with E-state index in [2.05, 4.69) is 30.0 Å². The van der Waals surface area contributed by atoms with Gasteiger partial charge in [-0.3, -0.25) is 4.90 Å². The van der Waals surface area contributed by atoms with Gasteiger partial charge in [0.25, 0.3) is 0 Å². The molecule has 9 atom stereocenters. The molecule has 8 aliphatic rings. The van der Waals surface area contributed by atoms with E-state index in [1.165, 1.54) is 30.5 Å². The lowest BCUT2D eigenvalue weighted by molar-refractivity contribution is -0.248. The van der Waals surface area contributed by atoms with Crippen molar-refractivity contribution in [3.05, 3.63) is 35.4 Å². The number of aromatic hydroxyl groups is 1. The first-order chi connectivity index (χ1) is 15.5. The third kappa shape index (κ3) is 1.72. The van der Waals surface area contributed by atoms with Crippen molar-refractivity contribution in [3.63, 3.8) is 0 Å². The minimum atomic E-state index is -0.653. The van der Waals surface area contributed by atoms with Gasteiger partial charge in [-0.05, 0) is 68.0 Å². The zero-order valence-corrected chi connectivity index (χ0v) is 19.0. The molecule has 2 spiro atoms. The van der Waals surface area contributed by atoms with Crippen molar-refractivity contribution in [3.8, 4) is 11.5 Å². The van der Waals surface area contributed by atoms with Gasteiger partial charge < -0.3 is 19.7 Å². The van der Waals surface area contributed by atoms with Crippen molar-refractivity contribution in [2.75, 3.05) is 20.2 Å². The Bertz CT molecular complexity index is 1070. The Hall–Kier alpha value is -1.56. The van der Waals surface area contributed by atoms with Gasteiger partial charge in [0, 0.05) is 36.6 Å². The molecule has 1 saturated heterocycles. The van der Waals surface area contributed by atoms with Crippen LogP contribution in [-0.4, -0.2) is 59.2 Å². The number of likely N-dealkylation sites (tertiary alicyclic amines) is 1. The number of benzene rings is 1. The van der Waals surface area contributed by atoms with Crippen molar-refractivity contribution in [1.29, 1.82) is 0 Å². The highest BCUT2D eigenvalue weighted by Gasteiger charge is 2.83. The maximum Gasteiger partial charge on any atom is 0.165 e. The van der Waals surface area contributed by atoms with E-state index in [4.69, 9.17) is 9.47 Å². The molecule has 5 heteroatoms. The van der Waals surface area contributed by atoms with E-state index in [0.29, 0.717) is 17.7 Å². The molecule has 2 aliphatic heterocycles. The van der Waals surface area contributed by atoms with E-state index in [-0.39, 0.29) is 40.6 Å². The summed E-state index contributed by atoms with van der Waals surface area (Å²) in [5.74, 6) is 2.46. The van der Waals surface area contributed by atoms with Crippen LogP contribution in [0.3, 0.4) is 0 Å². The molecule has 3 saturated carbocycles. The van der Waals surface area contributed by atoms with E-state index in [1.807, 2.05) is 6.07 Å². The fraction of sp³-hybridized carbons (Fsp3) is 0.704. The van der Waals surface area contributed by atoms with Gasteiger partial charge >= 0.3 is 0 Å². The Morgan fingerprint density at radius 2 is 2.09 bits per heavy atom. The quantitative estimate of drug-likeness (QED) is 0.715. The lowest BCUT2D eigenvalue weighted by atomic mass is 9.34. The zero-order valence-electron chi connectivity index (χ0n) is 19.0. The summed E-state index contributed by atoms with van der Waals surface area (Å²) in [5, 5.41) is 22.4. The van der Waals surface area contributed by atoms with Gasteiger partial charge in [0.15, 0.2) is 11.5 Å². The Morgan fingerprint density at radius 1 is 1.25 bits per heavy atom. The highest BCUT2D eigenvalue weighted by Crippen LogP contribution is 2.78. The van der Waals surface area contributed by atoms with Gasteiger partial charge in [-0.15, -0.1) is 0 Å². The minimum absolute atomic E-state index is 0.0343. The van der Waals surface area contributed by atoms with Crippen molar-refractivity contribution in [2.24, 2.45) is 29.1 Å². The molecule has 1 aromatic rings. The number of methoxy groups -OCH3 is 1. The number of hydrogen-bond acceptors (Lipinski definition) is 5. The predicted octanol–water partition coefficient (Wildman–Crippen LogP) is 3.02. The fourth-order valence-electron chi connectivity index (χ4n) is 9.83. The van der Waals surface area contributed by atoms with E-state index in [9.17, 15) is 10.2 Å². The molecule has 0 aromatic heterocycles. The van der Waals surface area contributed by atoms with Crippen LogP contribution >= 0.6 is 0 Å². The van der Waals surface area contributed by atoms with Crippen LogP contribution in [0.1, 0.15) is 43.7 Å². The summed E-state index contributed by atoms with van der Waals surface area (Å²) in [6, 6.07) is 4.40. The topological polar surface area (TPSA) is 62.2 Å². The SMILES string of the molecule is CO[C@]12C=C[C@@]3([C@@H]4C[C@@H](C)[C@@H](O)[C@@H]41)[C@H]1Cc4ccc(O)c5c4[C@@]3(CCN1CC1CC1)[C@H]2O5. The third-order valence-electron chi connectivity index (χ3n) is 11.0. The summed E-state index contributed by atoms with van der Waals surface area (Å²) >= 11 is 0. The van der Waals surface area contributed by atoms with E-state index in [1.54, 1.807) is 7.11 Å². The average Bonchev–Trinajstić information content (AvgIpc) is 3.45. The molecule has 4 fully saturated rings. The molecule has 0 unspecified atom stereocenters. The predicted molar refractivity (Wildman–Crippen MR) is 119 cm³/mol. The normalized spacial score (nSPS) is 51.5. The van der Waals surface area contributed by atoms with Crippen LogP contribution in [0.2, 0.25) is 0 Å².